The highest BCUT2D eigenvalue weighted by Gasteiger charge is 2.05. The van der Waals surface area contributed by atoms with Crippen molar-refractivity contribution in [2.75, 3.05) is 10.6 Å². The highest BCUT2D eigenvalue weighted by molar-refractivity contribution is 7.80. The van der Waals surface area contributed by atoms with Gasteiger partial charge in [-0.05, 0) is 105 Å². The van der Waals surface area contributed by atoms with Gasteiger partial charge < -0.3 is 21.3 Å². The third-order valence-corrected chi connectivity index (χ3v) is 6.04. The van der Waals surface area contributed by atoms with Gasteiger partial charge in [-0.25, -0.2) is 4.98 Å². The van der Waals surface area contributed by atoms with Crippen LogP contribution in [0.15, 0.2) is 140 Å². The van der Waals surface area contributed by atoms with Gasteiger partial charge in [0, 0.05) is 22.5 Å². The number of benzene rings is 2. The van der Waals surface area contributed by atoms with Crippen molar-refractivity contribution in [3.8, 4) is 23.7 Å². The average molecular weight is 672 g/mol. The van der Waals surface area contributed by atoms with Gasteiger partial charge in [-0.2, -0.15) is 0 Å². The van der Waals surface area contributed by atoms with E-state index in [9.17, 15) is 0 Å². The Morgan fingerprint density at radius 1 is 0.646 bits per heavy atom. The number of anilines is 2. The zero-order valence-corrected chi connectivity index (χ0v) is 30.3. The van der Waals surface area contributed by atoms with Crippen LogP contribution >= 0.6 is 24.4 Å². The number of rotatable bonds is 8. The average Bonchev–Trinajstić information content (AvgIpc) is 3.11. The summed E-state index contributed by atoms with van der Waals surface area (Å²) in [5.41, 5.74) is 5.99. The van der Waals surface area contributed by atoms with E-state index < -0.39 is 0 Å². The molecule has 0 fully saturated rings. The van der Waals surface area contributed by atoms with Crippen LogP contribution in [-0.2, 0) is 0 Å². The number of pyridine rings is 1. The molecule has 1 aromatic heterocycles. The van der Waals surface area contributed by atoms with Crippen LogP contribution in [0, 0.1) is 23.7 Å². The minimum Gasteiger partial charge on any atom is -0.333 e. The molecule has 0 atom stereocenters. The zero-order valence-electron chi connectivity index (χ0n) is 28.6. The summed E-state index contributed by atoms with van der Waals surface area (Å²) in [5.74, 6) is 12.7. The highest BCUT2D eigenvalue weighted by Crippen LogP contribution is 2.15. The SMILES string of the molecule is C=C/C=C\C(=C/C)NC(=S)Nc1ccccc1C#Cc1cccc(C#Cc2ccccc2NC(=S)NC(/C=C\C)=C/C=C)n1.CC.CC. The summed E-state index contributed by atoms with van der Waals surface area (Å²) in [4.78, 5) is 4.63. The molecule has 0 aliphatic heterocycles. The molecule has 4 N–H and O–H groups in total. The molecule has 0 unspecified atom stereocenters. The molecule has 0 spiro atoms. The fourth-order valence-corrected chi connectivity index (χ4v) is 4.09. The Morgan fingerprint density at radius 2 is 1.15 bits per heavy atom. The lowest BCUT2D eigenvalue weighted by atomic mass is 10.1. The van der Waals surface area contributed by atoms with Crippen molar-refractivity contribution >= 4 is 46.0 Å². The third kappa shape index (κ3) is 15.2. The number of nitrogens with zero attached hydrogens (tertiary/aromatic N) is 1. The quantitative estimate of drug-likeness (QED) is 0.108. The van der Waals surface area contributed by atoms with Crippen LogP contribution in [0.25, 0.3) is 0 Å². The lowest BCUT2D eigenvalue weighted by molar-refractivity contribution is 1.18. The maximum Gasteiger partial charge on any atom is 0.175 e. The summed E-state index contributed by atoms with van der Waals surface area (Å²) in [6.45, 7) is 19.3. The van der Waals surface area contributed by atoms with Gasteiger partial charge in [0.05, 0.1) is 11.4 Å². The summed E-state index contributed by atoms with van der Waals surface area (Å²) in [7, 11) is 0. The van der Waals surface area contributed by atoms with Crippen molar-refractivity contribution in [1.29, 1.82) is 0 Å². The molecule has 0 saturated heterocycles. The van der Waals surface area contributed by atoms with Crippen molar-refractivity contribution in [3.63, 3.8) is 0 Å². The first-order chi connectivity index (χ1) is 23.4. The highest BCUT2D eigenvalue weighted by atomic mass is 32.1. The lowest BCUT2D eigenvalue weighted by Crippen LogP contribution is -2.27. The standard InChI is InChI=1S/C37H33N5S2.2C2H6/c1-5-9-19-30(8-4)39-36(43)41-34-22-12-10-17-28(34)24-26-32-20-14-21-33(38-32)27-25-29-18-11-13-23-35(29)42-37(44)40-31(15-6-2)16-7-3;2*1-2/h5-23H,1-2H2,3-4H3,(H2,39,41,43)(H2,40,42,44);2*1-2H3/b16-7-,19-9-,30-8+,31-15+;;. The van der Waals surface area contributed by atoms with E-state index in [0.717, 1.165) is 33.9 Å². The summed E-state index contributed by atoms with van der Waals surface area (Å²) < 4.78 is 0. The Kier molecular flexibility index (Phi) is 20.9. The normalized spacial score (nSPS) is 10.4. The molecule has 0 radical (unpaired) electrons. The van der Waals surface area contributed by atoms with E-state index in [1.807, 2.05) is 145 Å². The Labute approximate surface area is 298 Å². The molecule has 0 saturated carbocycles. The van der Waals surface area contributed by atoms with Crippen LogP contribution < -0.4 is 21.3 Å². The predicted octanol–water partition coefficient (Wildman–Crippen LogP) is 9.80. The topological polar surface area (TPSA) is 61.0 Å². The van der Waals surface area contributed by atoms with Gasteiger partial charge in [0.1, 0.15) is 11.4 Å². The van der Waals surface area contributed by atoms with Crippen molar-refractivity contribution < 1.29 is 0 Å². The molecule has 1 heterocycles. The van der Waals surface area contributed by atoms with E-state index in [0.29, 0.717) is 21.6 Å². The first kappa shape index (κ1) is 40.6. The third-order valence-electron chi connectivity index (χ3n) is 5.63. The number of para-hydroxylation sites is 2. The van der Waals surface area contributed by atoms with Crippen LogP contribution in [0.4, 0.5) is 11.4 Å². The van der Waals surface area contributed by atoms with Crippen molar-refractivity contribution in [2.45, 2.75) is 41.5 Å². The molecule has 0 aliphatic carbocycles. The van der Waals surface area contributed by atoms with E-state index in [1.54, 1.807) is 12.2 Å². The minimum atomic E-state index is 0.443. The zero-order chi connectivity index (χ0) is 35.6. The molecule has 7 heteroatoms. The van der Waals surface area contributed by atoms with Gasteiger partial charge in [-0.1, -0.05) is 113 Å². The summed E-state index contributed by atoms with van der Waals surface area (Å²) in [5, 5.41) is 13.7. The van der Waals surface area contributed by atoms with Crippen LogP contribution in [0.2, 0.25) is 0 Å². The summed E-state index contributed by atoms with van der Waals surface area (Å²) in [6, 6.07) is 21.0. The second-order valence-electron chi connectivity index (χ2n) is 8.85. The van der Waals surface area contributed by atoms with E-state index in [-0.39, 0.29) is 0 Å². The van der Waals surface area contributed by atoms with Crippen LogP contribution in [-0.4, -0.2) is 15.2 Å². The molecule has 5 nitrogen and oxygen atoms in total. The molecule has 2 aromatic carbocycles. The van der Waals surface area contributed by atoms with Gasteiger partial charge in [0.25, 0.3) is 0 Å². The smallest absolute Gasteiger partial charge is 0.175 e. The largest absolute Gasteiger partial charge is 0.333 e. The Morgan fingerprint density at radius 3 is 1.60 bits per heavy atom. The number of thiocarbonyl (C=S) groups is 2. The Hall–Kier alpha value is -5.47. The first-order valence-corrected chi connectivity index (χ1v) is 16.5. The lowest BCUT2D eigenvalue weighted by Gasteiger charge is -2.12. The number of hydrogen-bond donors (Lipinski definition) is 4. The summed E-state index contributed by atoms with van der Waals surface area (Å²) >= 11 is 11.0. The number of nitrogens with one attached hydrogen (secondary N) is 4. The van der Waals surface area contributed by atoms with Crippen molar-refractivity contribution in [3.05, 3.63) is 162 Å². The van der Waals surface area contributed by atoms with Crippen LogP contribution in [0.3, 0.4) is 0 Å². The number of hydrogen-bond acceptors (Lipinski definition) is 3. The molecule has 48 heavy (non-hydrogen) atoms. The van der Waals surface area contributed by atoms with Gasteiger partial charge in [0.2, 0.25) is 0 Å². The minimum absolute atomic E-state index is 0.443. The van der Waals surface area contributed by atoms with E-state index in [4.69, 9.17) is 24.4 Å². The molecular formula is C41H45N5S2. The maximum absolute atomic E-state index is 5.50. The maximum atomic E-state index is 5.50. The Balaban J connectivity index is 0.00000277. The van der Waals surface area contributed by atoms with E-state index in [2.05, 4.69) is 63.1 Å². The van der Waals surface area contributed by atoms with Crippen LogP contribution in [0.5, 0.6) is 0 Å². The monoisotopic (exact) mass is 671 g/mol. The van der Waals surface area contributed by atoms with Gasteiger partial charge >= 0.3 is 0 Å². The Bertz CT molecular complexity index is 1770. The second-order valence-corrected chi connectivity index (χ2v) is 9.67. The van der Waals surface area contributed by atoms with Gasteiger partial charge in [-0.15, -0.1) is 0 Å². The molecule has 3 aromatic rings. The van der Waals surface area contributed by atoms with Gasteiger partial charge in [-0.3, -0.25) is 0 Å². The number of aromatic nitrogens is 1. The molecule has 3 rings (SSSR count). The van der Waals surface area contributed by atoms with Gasteiger partial charge in [0.15, 0.2) is 10.2 Å². The predicted molar refractivity (Wildman–Crippen MR) is 217 cm³/mol. The van der Waals surface area contributed by atoms with E-state index >= 15 is 0 Å². The fraction of sp³-hybridized carbons (Fsp3) is 0.146. The first-order valence-electron chi connectivity index (χ1n) is 15.7. The van der Waals surface area contributed by atoms with Crippen molar-refractivity contribution in [1.82, 2.24) is 15.6 Å². The number of allylic oxidation sites excluding steroid dienone is 8. The molecule has 0 amide bonds. The summed E-state index contributed by atoms with van der Waals surface area (Å²) in [6.07, 6.45) is 14.7. The molecular weight excluding hydrogens is 627 g/mol. The molecule has 0 bridgehead atoms. The van der Waals surface area contributed by atoms with Crippen molar-refractivity contribution in [2.24, 2.45) is 0 Å². The second kappa shape index (κ2) is 24.7. The molecule has 0 aliphatic rings. The fourth-order valence-electron chi connectivity index (χ4n) is 3.64. The van der Waals surface area contributed by atoms with Crippen LogP contribution in [0.1, 0.15) is 64.1 Å². The molecule has 246 valence electrons. The van der Waals surface area contributed by atoms with E-state index in [1.165, 1.54) is 0 Å².